The van der Waals surface area contributed by atoms with Gasteiger partial charge in [-0.15, -0.1) is 0 Å². The highest BCUT2D eigenvalue weighted by Crippen LogP contribution is 2.24. The molecule has 0 amide bonds. The van der Waals surface area contributed by atoms with Crippen molar-refractivity contribution >= 4 is 23.7 Å². The average Bonchev–Trinajstić information content (AvgIpc) is 3.49. The van der Waals surface area contributed by atoms with Crippen LogP contribution < -0.4 is 0 Å². The molecule has 0 N–H and O–H groups in total. The first-order chi connectivity index (χ1) is 24.7. The summed E-state index contributed by atoms with van der Waals surface area (Å²) in [6.07, 6.45) is 25.8. The maximum absolute atomic E-state index is 13.1. The summed E-state index contributed by atoms with van der Waals surface area (Å²) in [4.78, 5) is 53.5. The number of carbonyl (C=O) groups is 4. The molecule has 1 fully saturated rings. The third-order valence-corrected chi connectivity index (χ3v) is 10.00. The molecule has 1 aliphatic heterocycles. The highest BCUT2D eigenvalue weighted by atomic mass is 16.6. The number of esters is 3. The molecule has 1 heterocycles. The van der Waals surface area contributed by atoms with Gasteiger partial charge in [-0.3, -0.25) is 19.3 Å². The van der Waals surface area contributed by atoms with Gasteiger partial charge in [-0.05, 0) is 78.9 Å². The minimum atomic E-state index is -0.415. The Kier molecular flexibility index (Phi) is 29.1. The van der Waals surface area contributed by atoms with Crippen molar-refractivity contribution in [2.45, 2.75) is 206 Å². The van der Waals surface area contributed by atoms with Crippen LogP contribution in [0.2, 0.25) is 0 Å². The van der Waals surface area contributed by atoms with Crippen molar-refractivity contribution in [1.82, 2.24) is 9.80 Å². The zero-order valence-electron chi connectivity index (χ0n) is 33.7. The fourth-order valence-electron chi connectivity index (χ4n) is 6.85. The van der Waals surface area contributed by atoms with Crippen molar-refractivity contribution in [3.05, 3.63) is 0 Å². The number of unbranched alkanes of at least 4 members (excludes halogenated alkanes) is 16. The first kappa shape index (κ1) is 47.0. The molecule has 0 aromatic heterocycles. The summed E-state index contributed by atoms with van der Waals surface area (Å²) in [6.45, 7) is 8.34. The molecule has 0 aromatic rings. The number of rotatable bonds is 34. The molecule has 0 bridgehead atoms. The third kappa shape index (κ3) is 26.4. The molecule has 1 aliphatic rings. The van der Waals surface area contributed by atoms with Crippen molar-refractivity contribution in [3.8, 4) is 0 Å². The number of nitrogens with zero attached hydrogens (tertiary/aromatic N) is 2. The number of ketones is 1. The molecular formula is C42H78N2O7. The lowest BCUT2D eigenvalue weighted by atomic mass is 10.0. The molecular weight excluding hydrogens is 644 g/mol. The van der Waals surface area contributed by atoms with Gasteiger partial charge in [-0.2, -0.15) is 0 Å². The van der Waals surface area contributed by atoms with Gasteiger partial charge in [0.05, 0.1) is 13.0 Å². The van der Waals surface area contributed by atoms with Gasteiger partial charge in [0.2, 0.25) is 0 Å². The normalized spacial score (nSPS) is 16.2. The Labute approximate surface area is 312 Å². The van der Waals surface area contributed by atoms with E-state index >= 15 is 0 Å². The number of Topliss-reactive ketones (excluding diaryl/α,β-unsaturated/α-hetero) is 1. The fraction of sp³-hybridized carbons (Fsp3) is 0.905. The Hall–Kier alpha value is -2.00. The van der Waals surface area contributed by atoms with Crippen LogP contribution in [0.3, 0.4) is 0 Å². The Morgan fingerprint density at radius 1 is 0.667 bits per heavy atom. The van der Waals surface area contributed by atoms with Crippen LogP contribution >= 0.6 is 0 Å². The van der Waals surface area contributed by atoms with Crippen molar-refractivity contribution < 1.29 is 33.4 Å². The van der Waals surface area contributed by atoms with E-state index in [0.29, 0.717) is 51.9 Å². The van der Waals surface area contributed by atoms with Crippen LogP contribution in [0.1, 0.15) is 188 Å². The van der Waals surface area contributed by atoms with Crippen LogP contribution in [-0.2, 0) is 33.4 Å². The monoisotopic (exact) mass is 723 g/mol. The van der Waals surface area contributed by atoms with Crippen LogP contribution in [0.5, 0.6) is 0 Å². The molecule has 1 saturated heterocycles. The lowest BCUT2D eigenvalue weighted by Gasteiger charge is -2.22. The molecule has 2 atom stereocenters. The lowest BCUT2D eigenvalue weighted by molar-refractivity contribution is -0.151. The average molecular weight is 723 g/mol. The summed E-state index contributed by atoms with van der Waals surface area (Å²) in [7, 11) is 3.84. The standard InChI is InChI=1S/C42H78N2O7/c1-6-8-10-12-15-21-27-37(28-22-16-13-11-9-7-2)50-40(46)29-23-17-14-18-25-33-49-42(48)39-34-38(51-41(47)30-32-43(4)5)35-44(39)31-24-19-20-26-36(3)45/h37-39H,6-35H2,1-5H3/t38?,39-/m0/s1. The van der Waals surface area contributed by atoms with E-state index in [9.17, 15) is 19.2 Å². The Bertz CT molecular complexity index is 896. The number of likely N-dealkylation sites (tertiary alicyclic amines) is 1. The molecule has 51 heavy (non-hydrogen) atoms. The third-order valence-electron chi connectivity index (χ3n) is 10.00. The quantitative estimate of drug-likeness (QED) is 0.0365. The number of hydrogen-bond donors (Lipinski definition) is 0. The van der Waals surface area contributed by atoms with E-state index in [1.165, 1.54) is 64.2 Å². The maximum Gasteiger partial charge on any atom is 0.323 e. The zero-order valence-corrected chi connectivity index (χ0v) is 33.7. The van der Waals surface area contributed by atoms with Crippen LogP contribution in [0, 0.1) is 0 Å². The number of hydrogen-bond acceptors (Lipinski definition) is 9. The summed E-state index contributed by atoms with van der Waals surface area (Å²) < 4.78 is 17.4. The van der Waals surface area contributed by atoms with Gasteiger partial charge in [0, 0.05) is 32.4 Å². The minimum absolute atomic E-state index is 0.0486. The predicted octanol–water partition coefficient (Wildman–Crippen LogP) is 9.37. The lowest BCUT2D eigenvalue weighted by Crippen LogP contribution is -2.38. The second-order valence-corrected chi connectivity index (χ2v) is 15.3. The molecule has 0 aromatic carbocycles. The van der Waals surface area contributed by atoms with Gasteiger partial charge in [-0.25, -0.2) is 0 Å². The second-order valence-electron chi connectivity index (χ2n) is 15.3. The molecule has 1 rings (SSSR count). The Morgan fingerprint density at radius 3 is 1.82 bits per heavy atom. The summed E-state index contributed by atoms with van der Waals surface area (Å²) in [5.74, 6) is -0.331. The van der Waals surface area contributed by atoms with E-state index in [2.05, 4.69) is 18.7 Å². The van der Waals surface area contributed by atoms with Crippen LogP contribution in [0.4, 0.5) is 0 Å². The molecule has 1 unspecified atom stereocenters. The summed E-state index contributed by atoms with van der Waals surface area (Å²) >= 11 is 0. The summed E-state index contributed by atoms with van der Waals surface area (Å²) in [5, 5.41) is 0. The maximum atomic E-state index is 13.1. The van der Waals surface area contributed by atoms with Gasteiger partial charge < -0.3 is 23.9 Å². The highest BCUT2D eigenvalue weighted by Gasteiger charge is 2.39. The van der Waals surface area contributed by atoms with Crippen molar-refractivity contribution in [1.29, 1.82) is 0 Å². The molecule has 0 aliphatic carbocycles. The van der Waals surface area contributed by atoms with Gasteiger partial charge in [-0.1, -0.05) is 104 Å². The van der Waals surface area contributed by atoms with E-state index < -0.39 is 6.04 Å². The van der Waals surface area contributed by atoms with Gasteiger partial charge in [0.25, 0.3) is 0 Å². The first-order valence-electron chi connectivity index (χ1n) is 21.1. The van der Waals surface area contributed by atoms with E-state index in [-0.39, 0.29) is 35.9 Å². The zero-order chi connectivity index (χ0) is 37.5. The predicted molar refractivity (Wildman–Crippen MR) is 207 cm³/mol. The molecule has 0 radical (unpaired) electrons. The van der Waals surface area contributed by atoms with Gasteiger partial charge in [0.15, 0.2) is 0 Å². The van der Waals surface area contributed by atoms with Gasteiger partial charge >= 0.3 is 17.9 Å². The van der Waals surface area contributed by atoms with Gasteiger partial charge in [0.1, 0.15) is 24.0 Å². The number of carbonyl (C=O) groups excluding carboxylic acids is 4. The van der Waals surface area contributed by atoms with E-state index in [4.69, 9.17) is 14.2 Å². The van der Waals surface area contributed by atoms with Crippen LogP contribution in [-0.4, -0.2) is 92.1 Å². The van der Waals surface area contributed by atoms with Crippen molar-refractivity contribution in [2.75, 3.05) is 40.3 Å². The van der Waals surface area contributed by atoms with E-state index in [0.717, 1.165) is 77.0 Å². The molecule has 0 saturated carbocycles. The van der Waals surface area contributed by atoms with Crippen LogP contribution in [0.25, 0.3) is 0 Å². The topological polar surface area (TPSA) is 102 Å². The molecule has 9 heteroatoms. The highest BCUT2D eigenvalue weighted by molar-refractivity contribution is 5.77. The van der Waals surface area contributed by atoms with Crippen molar-refractivity contribution in [3.63, 3.8) is 0 Å². The fourth-order valence-corrected chi connectivity index (χ4v) is 6.85. The SMILES string of the molecule is CCCCCCCCC(CCCCCCCC)OC(=O)CCCCCCCOC(=O)[C@@H]1CC(OC(=O)CCN(C)C)CN1CCCCCC(C)=O. The van der Waals surface area contributed by atoms with E-state index in [1.54, 1.807) is 6.92 Å². The minimum Gasteiger partial charge on any atom is -0.465 e. The first-order valence-corrected chi connectivity index (χ1v) is 21.1. The Balaban J connectivity index is 2.37. The summed E-state index contributed by atoms with van der Waals surface area (Å²) in [5.41, 5.74) is 0. The molecule has 9 nitrogen and oxygen atoms in total. The van der Waals surface area contributed by atoms with Crippen molar-refractivity contribution in [2.24, 2.45) is 0 Å². The smallest absolute Gasteiger partial charge is 0.323 e. The Morgan fingerprint density at radius 2 is 1.22 bits per heavy atom. The summed E-state index contributed by atoms with van der Waals surface area (Å²) in [6, 6.07) is -0.415. The largest absolute Gasteiger partial charge is 0.465 e. The molecule has 298 valence electrons. The second kappa shape index (κ2) is 31.5. The van der Waals surface area contributed by atoms with E-state index in [1.807, 2.05) is 19.0 Å². The number of ether oxygens (including phenoxy) is 3. The molecule has 0 spiro atoms. The van der Waals surface area contributed by atoms with Crippen LogP contribution in [0.15, 0.2) is 0 Å².